The monoisotopic (exact) mass is 496 g/mol. The predicted molar refractivity (Wildman–Crippen MR) is 135 cm³/mol. The number of aryl methyl sites for hydroxylation is 2. The number of hydrogen-bond acceptors (Lipinski definition) is 10. The van der Waals surface area contributed by atoms with E-state index in [-0.39, 0.29) is 11.8 Å². The quantitative estimate of drug-likeness (QED) is 0.334. The van der Waals surface area contributed by atoms with Gasteiger partial charge in [0.1, 0.15) is 28.0 Å². The number of rotatable bonds is 7. The molecule has 3 saturated carbocycles. The minimum atomic E-state index is -1.29. The van der Waals surface area contributed by atoms with Crippen LogP contribution in [0.2, 0.25) is 0 Å². The zero-order chi connectivity index (χ0) is 24.7. The summed E-state index contributed by atoms with van der Waals surface area (Å²) in [5, 5.41) is 40.3. The van der Waals surface area contributed by atoms with E-state index < -0.39 is 23.3 Å². The molecule has 3 aromatic rings. The molecule has 35 heavy (non-hydrogen) atoms. The molecule has 0 aliphatic heterocycles. The highest BCUT2D eigenvalue weighted by Gasteiger charge is 2.77. The molecule has 5 unspecified atom stereocenters. The van der Waals surface area contributed by atoms with Crippen molar-refractivity contribution in [2.75, 3.05) is 17.2 Å². The number of nitrogens with zero attached hydrogens (tertiary/aromatic N) is 4. The number of fused-ring (bicyclic) bond motifs is 2. The normalized spacial score (nSPS) is 29.9. The van der Waals surface area contributed by atoms with Gasteiger partial charge in [-0.15, -0.1) is 11.3 Å². The molecule has 186 valence electrons. The van der Waals surface area contributed by atoms with Crippen molar-refractivity contribution in [2.45, 2.75) is 70.3 Å². The van der Waals surface area contributed by atoms with E-state index >= 15 is 0 Å². The topological polar surface area (TPSA) is 136 Å². The minimum absolute atomic E-state index is 0.162. The zero-order valence-corrected chi connectivity index (χ0v) is 21.2. The van der Waals surface area contributed by atoms with Crippen LogP contribution in [0, 0.1) is 31.6 Å². The summed E-state index contributed by atoms with van der Waals surface area (Å²) in [5.41, 5.74) is 0.974. The molecule has 3 aliphatic rings. The Labute approximate surface area is 208 Å². The van der Waals surface area contributed by atoms with Crippen LogP contribution in [0.3, 0.4) is 0 Å². The first-order valence-electron chi connectivity index (χ1n) is 12.3. The molecule has 6 rings (SSSR count). The number of nitrogens with one attached hydrogen (secondary N) is 2. The van der Waals surface area contributed by atoms with Gasteiger partial charge in [0.05, 0.1) is 33.3 Å². The SMILES string of the molecule is Cc1nc(NCC2CC2)nc(NC2CC3C(C(C)(C)O)C3(O)C2O)c1-c1nc2c(C)nccc2s1. The van der Waals surface area contributed by atoms with Crippen LogP contribution >= 0.6 is 11.3 Å². The Kier molecular flexibility index (Phi) is 5.13. The van der Waals surface area contributed by atoms with E-state index in [1.807, 2.05) is 19.9 Å². The second-order valence-corrected chi connectivity index (χ2v) is 12.0. The van der Waals surface area contributed by atoms with Gasteiger partial charge in [-0.05, 0) is 58.9 Å². The molecule has 3 aromatic heterocycles. The van der Waals surface area contributed by atoms with Crippen molar-refractivity contribution in [3.63, 3.8) is 0 Å². The third kappa shape index (κ3) is 3.78. The first-order valence-corrected chi connectivity index (χ1v) is 13.1. The molecule has 0 bridgehead atoms. The highest BCUT2D eigenvalue weighted by Crippen LogP contribution is 2.65. The van der Waals surface area contributed by atoms with Crippen LogP contribution in [-0.4, -0.2) is 65.1 Å². The number of aromatic nitrogens is 4. The Hall–Kier alpha value is -2.40. The lowest BCUT2D eigenvalue weighted by atomic mass is 9.92. The molecule has 0 radical (unpaired) electrons. The number of aliphatic hydroxyl groups excluding tert-OH is 1. The fraction of sp³-hybridized carbons (Fsp3) is 0.600. The van der Waals surface area contributed by atoms with Gasteiger partial charge in [0, 0.05) is 24.6 Å². The standard InChI is InChI=1S/C25H32N6O3S/c1-11-17(22-30-18-12(2)26-8-7-16(18)35-22)21(31-23(28-11)27-10-13-5-6-13)29-15-9-14-19(24(3,4)33)25(14,34)20(15)32/h7-8,13-15,19-20,32-34H,5-6,9-10H2,1-4H3,(H2,27,28,29,31). The smallest absolute Gasteiger partial charge is 0.224 e. The van der Waals surface area contributed by atoms with Crippen molar-refractivity contribution in [1.29, 1.82) is 0 Å². The van der Waals surface area contributed by atoms with E-state index in [0.717, 1.165) is 38.7 Å². The highest BCUT2D eigenvalue weighted by molar-refractivity contribution is 7.21. The average molecular weight is 497 g/mol. The minimum Gasteiger partial charge on any atom is -0.390 e. The fourth-order valence-corrected chi connectivity index (χ4v) is 7.06. The Morgan fingerprint density at radius 2 is 1.94 bits per heavy atom. The van der Waals surface area contributed by atoms with E-state index in [1.54, 1.807) is 31.4 Å². The van der Waals surface area contributed by atoms with Crippen molar-refractivity contribution in [2.24, 2.45) is 17.8 Å². The van der Waals surface area contributed by atoms with Crippen molar-refractivity contribution < 1.29 is 15.3 Å². The van der Waals surface area contributed by atoms with Crippen LogP contribution in [0.1, 0.15) is 44.5 Å². The van der Waals surface area contributed by atoms with Crippen LogP contribution in [-0.2, 0) is 0 Å². The average Bonchev–Trinajstić information content (AvgIpc) is 3.64. The molecule has 9 nitrogen and oxygen atoms in total. The number of pyridine rings is 1. The van der Waals surface area contributed by atoms with Crippen LogP contribution in [0.4, 0.5) is 11.8 Å². The number of aliphatic hydroxyl groups is 3. The van der Waals surface area contributed by atoms with Crippen molar-refractivity contribution in [1.82, 2.24) is 19.9 Å². The van der Waals surface area contributed by atoms with Gasteiger partial charge in [0.25, 0.3) is 0 Å². The van der Waals surface area contributed by atoms with Crippen LogP contribution in [0.5, 0.6) is 0 Å². The van der Waals surface area contributed by atoms with Crippen LogP contribution < -0.4 is 10.6 Å². The lowest BCUT2D eigenvalue weighted by Crippen LogP contribution is -2.44. The summed E-state index contributed by atoms with van der Waals surface area (Å²) in [5.74, 6) is 1.31. The predicted octanol–water partition coefficient (Wildman–Crippen LogP) is 2.88. The molecular formula is C25H32N6O3S. The van der Waals surface area contributed by atoms with E-state index in [4.69, 9.17) is 15.0 Å². The van der Waals surface area contributed by atoms with Gasteiger partial charge >= 0.3 is 0 Å². The van der Waals surface area contributed by atoms with Gasteiger partial charge in [0.15, 0.2) is 0 Å². The molecule has 5 N–H and O–H groups in total. The Bertz CT molecular complexity index is 1300. The highest BCUT2D eigenvalue weighted by atomic mass is 32.1. The Morgan fingerprint density at radius 3 is 2.57 bits per heavy atom. The Balaban J connectivity index is 1.35. The van der Waals surface area contributed by atoms with Gasteiger partial charge in [0.2, 0.25) is 5.95 Å². The number of hydrogen-bond donors (Lipinski definition) is 5. The molecule has 5 atom stereocenters. The summed E-state index contributed by atoms with van der Waals surface area (Å²) >= 11 is 1.56. The molecule has 0 aromatic carbocycles. The van der Waals surface area contributed by atoms with E-state index in [2.05, 4.69) is 15.6 Å². The van der Waals surface area contributed by atoms with E-state index in [1.165, 1.54) is 12.8 Å². The molecule has 3 fully saturated rings. The molecule has 10 heteroatoms. The molecule has 0 amide bonds. The number of thiazole rings is 1. The summed E-state index contributed by atoms with van der Waals surface area (Å²) in [7, 11) is 0. The summed E-state index contributed by atoms with van der Waals surface area (Å²) < 4.78 is 1.04. The molecular weight excluding hydrogens is 464 g/mol. The Morgan fingerprint density at radius 1 is 1.17 bits per heavy atom. The largest absolute Gasteiger partial charge is 0.390 e. The fourth-order valence-electron chi connectivity index (χ4n) is 5.95. The third-order valence-corrected chi connectivity index (χ3v) is 8.91. The second-order valence-electron chi connectivity index (χ2n) is 11.0. The maximum atomic E-state index is 11.1. The summed E-state index contributed by atoms with van der Waals surface area (Å²) in [6.45, 7) is 8.11. The summed E-state index contributed by atoms with van der Waals surface area (Å²) in [6.07, 6.45) is 3.77. The maximum Gasteiger partial charge on any atom is 0.224 e. The molecule has 0 saturated heterocycles. The van der Waals surface area contributed by atoms with Gasteiger partial charge in [-0.3, -0.25) is 4.98 Å². The van der Waals surface area contributed by atoms with Gasteiger partial charge in [-0.2, -0.15) is 4.98 Å². The second kappa shape index (κ2) is 7.80. The third-order valence-electron chi connectivity index (χ3n) is 7.87. The molecule has 3 heterocycles. The van der Waals surface area contributed by atoms with Crippen molar-refractivity contribution in [3.8, 4) is 10.6 Å². The number of anilines is 2. The van der Waals surface area contributed by atoms with E-state index in [0.29, 0.717) is 24.1 Å². The molecule has 3 aliphatic carbocycles. The van der Waals surface area contributed by atoms with Crippen molar-refractivity contribution in [3.05, 3.63) is 23.7 Å². The van der Waals surface area contributed by atoms with Gasteiger partial charge in [-0.25, -0.2) is 9.97 Å². The van der Waals surface area contributed by atoms with Crippen LogP contribution in [0.15, 0.2) is 12.3 Å². The van der Waals surface area contributed by atoms with E-state index in [9.17, 15) is 15.3 Å². The first kappa shape index (κ1) is 23.0. The lowest BCUT2D eigenvalue weighted by molar-refractivity contribution is -0.0495. The lowest BCUT2D eigenvalue weighted by Gasteiger charge is -2.29. The van der Waals surface area contributed by atoms with Gasteiger partial charge in [-0.1, -0.05) is 0 Å². The maximum absolute atomic E-state index is 11.1. The van der Waals surface area contributed by atoms with Crippen LogP contribution in [0.25, 0.3) is 20.8 Å². The summed E-state index contributed by atoms with van der Waals surface area (Å²) in [6, 6.07) is 1.56. The van der Waals surface area contributed by atoms with Crippen molar-refractivity contribution >= 4 is 33.3 Å². The first-order chi connectivity index (χ1) is 16.6. The molecule has 0 spiro atoms. The zero-order valence-electron chi connectivity index (χ0n) is 20.4. The summed E-state index contributed by atoms with van der Waals surface area (Å²) in [4.78, 5) is 18.8. The van der Waals surface area contributed by atoms with Gasteiger partial charge < -0.3 is 26.0 Å².